The fraction of sp³-hybridized carbons (Fsp3) is 0.500. The molecule has 1 aromatic rings. The van der Waals surface area contributed by atoms with Crippen LogP contribution in [-0.2, 0) is 0 Å². The third kappa shape index (κ3) is 3.45. The Morgan fingerprint density at radius 2 is 2.00 bits per heavy atom. The summed E-state index contributed by atoms with van der Waals surface area (Å²) < 4.78 is 1.06. The maximum atomic E-state index is 10.2. The van der Waals surface area contributed by atoms with Gasteiger partial charge in [-0.1, -0.05) is 28.1 Å². The Kier molecular flexibility index (Phi) is 5.76. The number of hydrogen-bond acceptors (Lipinski definition) is 2. The second-order valence-electron chi connectivity index (χ2n) is 4.10. The second-order valence-corrected chi connectivity index (χ2v) is 5.02. The molecule has 1 fully saturated rings. The Morgan fingerprint density at radius 3 is 2.56 bits per heavy atom. The van der Waals surface area contributed by atoms with Crippen molar-refractivity contribution >= 4 is 28.3 Å². The van der Waals surface area contributed by atoms with Gasteiger partial charge in [-0.2, -0.15) is 0 Å². The average Bonchev–Trinajstić information content (AvgIpc) is 2.30. The van der Waals surface area contributed by atoms with Gasteiger partial charge in [0.05, 0.1) is 6.10 Å². The zero-order valence-corrected chi connectivity index (χ0v) is 11.4. The summed E-state index contributed by atoms with van der Waals surface area (Å²) in [6.45, 7) is 2.01. The molecule has 2 N–H and O–H groups in total. The van der Waals surface area contributed by atoms with Crippen molar-refractivity contribution in [2.24, 2.45) is 5.92 Å². The van der Waals surface area contributed by atoms with E-state index in [1.165, 1.54) is 0 Å². The standard InChI is InChI=1S/C12H16BrNO.ClH/c13-11-5-3-9(4-6-11)12(15)10-2-1-7-14-8-10;/h3-6,10,12,14-15H,1-2,7-8H2;1H. The minimum Gasteiger partial charge on any atom is -0.388 e. The van der Waals surface area contributed by atoms with Gasteiger partial charge in [0.2, 0.25) is 0 Å². The van der Waals surface area contributed by atoms with E-state index in [0.29, 0.717) is 5.92 Å². The minimum atomic E-state index is -0.328. The largest absolute Gasteiger partial charge is 0.388 e. The number of hydrogen-bond donors (Lipinski definition) is 2. The van der Waals surface area contributed by atoms with Crippen LogP contribution < -0.4 is 5.32 Å². The van der Waals surface area contributed by atoms with Crippen molar-refractivity contribution in [3.63, 3.8) is 0 Å². The third-order valence-electron chi connectivity index (χ3n) is 2.99. The lowest BCUT2D eigenvalue weighted by Crippen LogP contribution is -2.33. The molecule has 0 saturated carbocycles. The fourth-order valence-corrected chi connectivity index (χ4v) is 2.34. The molecule has 1 aliphatic rings. The van der Waals surface area contributed by atoms with Gasteiger partial charge in [0.15, 0.2) is 0 Å². The van der Waals surface area contributed by atoms with E-state index in [2.05, 4.69) is 21.2 Å². The number of benzene rings is 1. The SMILES string of the molecule is Cl.OC(c1ccc(Br)cc1)C1CCCNC1. The molecule has 2 atom stereocenters. The summed E-state index contributed by atoms with van der Waals surface area (Å²) in [5.41, 5.74) is 1.02. The van der Waals surface area contributed by atoms with Crippen molar-refractivity contribution in [1.29, 1.82) is 0 Å². The van der Waals surface area contributed by atoms with Gasteiger partial charge in [-0.05, 0) is 37.1 Å². The molecule has 0 bridgehead atoms. The Morgan fingerprint density at radius 1 is 1.31 bits per heavy atom. The maximum Gasteiger partial charge on any atom is 0.0830 e. The molecule has 0 aromatic heterocycles. The molecule has 2 nitrogen and oxygen atoms in total. The topological polar surface area (TPSA) is 32.3 Å². The number of halogens is 2. The number of rotatable bonds is 2. The van der Waals surface area contributed by atoms with Crippen molar-refractivity contribution in [2.45, 2.75) is 18.9 Å². The zero-order valence-electron chi connectivity index (χ0n) is 9.03. The summed E-state index contributed by atoms with van der Waals surface area (Å²) in [7, 11) is 0. The van der Waals surface area contributed by atoms with Gasteiger partial charge in [0.1, 0.15) is 0 Å². The van der Waals surface area contributed by atoms with Crippen molar-refractivity contribution in [1.82, 2.24) is 5.32 Å². The van der Waals surface area contributed by atoms with E-state index in [-0.39, 0.29) is 18.5 Å². The minimum absolute atomic E-state index is 0. The monoisotopic (exact) mass is 305 g/mol. The molecule has 1 aromatic carbocycles. The smallest absolute Gasteiger partial charge is 0.0830 e. The summed E-state index contributed by atoms with van der Waals surface area (Å²) >= 11 is 3.40. The predicted octanol–water partition coefficient (Wildman–Crippen LogP) is 2.90. The van der Waals surface area contributed by atoms with Gasteiger partial charge >= 0.3 is 0 Å². The lowest BCUT2D eigenvalue weighted by atomic mass is 9.89. The molecule has 0 radical (unpaired) electrons. The number of aliphatic hydroxyl groups is 1. The van der Waals surface area contributed by atoms with E-state index in [1.54, 1.807) is 0 Å². The van der Waals surface area contributed by atoms with Crippen molar-refractivity contribution in [3.05, 3.63) is 34.3 Å². The molecule has 4 heteroatoms. The molecule has 0 aliphatic carbocycles. The van der Waals surface area contributed by atoms with Gasteiger partial charge < -0.3 is 10.4 Å². The van der Waals surface area contributed by atoms with Crippen LogP contribution in [0.25, 0.3) is 0 Å². The Balaban J connectivity index is 0.00000128. The predicted molar refractivity (Wildman–Crippen MR) is 71.9 cm³/mol. The fourth-order valence-electron chi connectivity index (χ4n) is 2.08. The summed E-state index contributed by atoms with van der Waals surface area (Å²) in [5.74, 6) is 0.361. The normalized spacial score (nSPS) is 22.2. The zero-order chi connectivity index (χ0) is 10.7. The van der Waals surface area contributed by atoms with Gasteiger partial charge in [-0.15, -0.1) is 12.4 Å². The van der Waals surface area contributed by atoms with Crippen molar-refractivity contribution in [3.8, 4) is 0 Å². The first kappa shape index (κ1) is 14.0. The molecule has 1 aliphatic heterocycles. The molecule has 2 rings (SSSR count). The van der Waals surface area contributed by atoms with E-state index in [9.17, 15) is 5.11 Å². The van der Waals surface area contributed by atoms with Crippen LogP contribution in [0.15, 0.2) is 28.7 Å². The summed E-state index contributed by atoms with van der Waals surface area (Å²) in [6, 6.07) is 7.94. The van der Waals surface area contributed by atoms with Gasteiger partial charge in [-0.3, -0.25) is 0 Å². The lowest BCUT2D eigenvalue weighted by molar-refractivity contribution is 0.0921. The molecule has 1 heterocycles. The third-order valence-corrected chi connectivity index (χ3v) is 3.52. The Hall–Kier alpha value is -0.0900. The van der Waals surface area contributed by atoms with Gasteiger partial charge in [0, 0.05) is 16.9 Å². The molecule has 0 amide bonds. The first-order chi connectivity index (χ1) is 7.27. The molecule has 16 heavy (non-hydrogen) atoms. The molecule has 2 unspecified atom stereocenters. The van der Waals surface area contributed by atoms with Gasteiger partial charge in [0.25, 0.3) is 0 Å². The molecular formula is C12H17BrClNO. The summed E-state index contributed by atoms with van der Waals surface area (Å²) in [5, 5.41) is 13.5. The number of piperidine rings is 1. The molecule has 0 spiro atoms. The number of nitrogens with one attached hydrogen (secondary N) is 1. The van der Waals surface area contributed by atoms with Gasteiger partial charge in [-0.25, -0.2) is 0 Å². The van der Waals surface area contributed by atoms with Crippen molar-refractivity contribution in [2.75, 3.05) is 13.1 Å². The van der Waals surface area contributed by atoms with Crippen LogP contribution in [0.2, 0.25) is 0 Å². The van der Waals surface area contributed by atoms with Crippen molar-refractivity contribution < 1.29 is 5.11 Å². The highest BCUT2D eigenvalue weighted by Gasteiger charge is 2.22. The van der Waals surface area contributed by atoms with E-state index >= 15 is 0 Å². The van der Waals surface area contributed by atoms with Crippen LogP contribution in [0, 0.1) is 5.92 Å². The quantitative estimate of drug-likeness (QED) is 0.880. The molecule has 1 saturated heterocycles. The van der Waals surface area contributed by atoms with Crippen LogP contribution in [0.4, 0.5) is 0 Å². The van der Waals surface area contributed by atoms with E-state index < -0.39 is 0 Å². The van der Waals surface area contributed by atoms with E-state index in [1.807, 2.05) is 24.3 Å². The lowest BCUT2D eigenvalue weighted by Gasteiger charge is -2.27. The number of aliphatic hydroxyl groups excluding tert-OH is 1. The highest BCUT2D eigenvalue weighted by molar-refractivity contribution is 9.10. The van der Waals surface area contributed by atoms with Crippen LogP contribution >= 0.6 is 28.3 Å². The Labute approximate surface area is 111 Å². The van der Waals surface area contributed by atoms with Crippen LogP contribution in [0.5, 0.6) is 0 Å². The van der Waals surface area contributed by atoms with Crippen LogP contribution in [0.1, 0.15) is 24.5 Å². The van der Waals surface area contributed by atoms with Crippen LogP contribution in [0.3, 0.4) is 0 Å². The first-order valence-corrected chi connectivity index (χ1v) is 6.21. The summed E-state index contributed by atoms with van der Waals surface area (Å²) in [4.78, 5) is 0. The Bertz CT molecular complexity index is 311. The van der Waals surface area contributed by atoms with E-state index in [4.69, 9.17) is 0 Å². The summed E-state index contributed by atoms with van der Waals surface area (Å²) in [6.07, 6.45) is 1.95. The van der Waals surface area contributed by atoms with E-state index in [0.717, 1.165) is 36.0 Å². The first-order valence-electron chi connectivity index (χ1n) is 5.41. The molecule has 90 valence electrons. The maximum absolute atomic E-state index is 10.2. The highest BCUT2D eigenvalue weighted by atomic mass is 79.9. The highest BCUT2D eigenvalue weighted by Crippen LogP contribution is 2.27. The second kappa shape index (κ2) is 6.60. The molecular weight excluding hydrogens is 289 g/mol. The average molecular weight is 307 g/mol. The van der Waals surface area contributed by atoms with Crippen LogP contribution in [-0.4, -0.2) is 18.2 Å².